The van der Waals surface area contributed by atoms with Gasteiger partial charge in [0, 0.05) is 18.8 Å². The first-order valence-corrected chi connectivity index (χ1v) is 15.8. The maximum atomic E-state index is 9.43. The van der Waals surface area contributed by atoms with E-state index >= 15 is 0 Å². The Hall–Kier alpha value is -1.24. The van der Waals surface area contributed by atoms with E-state index < -0.39 is 5.79 Å². The standard InChI is InChI=1S/C34H48O5/c1-31-16-17-34(38-20-21-39-34)22-26(31)9-10-27-28(31)13-15-33(14-3-4-24-5-7-25(23-35)8-6-24)29(27)11-12-30(33)32(2)36-18-19-37-32/h5-9,27-30,35H,3-4,10-23H2,1-2H3/t27-,28-,29+,30-,31-,33+/m1/s1. The molecular weight excluding hydrogens is 488 g/mol. The highest BCUT2D eigenvalue weighted by molar-refractivity contribution is 5.27. The minimum atomic E-state index is -0.432. The van der Waals surface area contributed by atoms with Crippen LogP contribution >= 0.6 is 0 Å². The van der Waals surface area contributed by atoms with Gasteiger partial charge < -0.3 is 24.1 Å². The molecule has 1 aromatic carbocycles. The molecule has 5 nitrogen and oxygen atoms in total. The lowest BCUT2D eigenvalue weighted by atomic mass is 9.46. The molecule has 7 rings (SSSR count). The molecule has 5 heteroatoms. The molecule has 0 unspecified atom stereocenters. The molecule has 0 amide bonds. The van der Waals surface area contributed by atoms with E-state index in [1.165, 1.54) is 56.9 Å². The topological polar surface area (TPSA) is 57.2 Å². The van der Waals surface area contributed by atoms with Crippen LogP contribution in [0.25, 0.3) is 0 Å². The van der Waals surface area contributed by atoms with Crippen LogP contribution < -0.4 is 0 Å². The Kier molecular flexibility index (Phi) is 6.79. The van der Waals surface area contributed by atoms with Gasteiger partial charge in [0.1, 0.15) is 0 Å². The summed E-state index contributed by atoms with van der Waals surface area (Å²) in [7, 11) is 0. The van der Waals surface area contributed by atoms with Gasteiger partial charge in [0.25, 0.3) is 0 Å². The number of benzene rings is 1. The number of aliphatic hydroxyl groups is 1. The molecule has 1 spiro atoms. The number of ether oxygens (including phenoxy) is 4. The van der Waals surface area contributed by atoms with Crippen LogP contribution in [0, 0.1) is 34.5 Å². The van der Waals surface area contributed by atoms with Crippen LogP contribution in [0.1, 0.15) is 89.2 Å². The number of aliphatic hydroxyl groups excluding tert-OH is 1. The van der Waals surface area contributed by atoms with Crippen molar-refractivity contribution in [2.24, 2.45) is 34.5 Å². The molecule has 2 heterocycles. The zero-order valence-corrected chi connectivity index (χ0v) is 24.1. The summed E-state index contributed by atoms with van der Waals surface area (Å²) in [6.07, 6.45) is 15.8. The minimum Gasteiger partial charge on any atom is -0.392 e. The average Bonchev–Trinajstić information content (AvgIpc) is 3.69. The fourth-order valence-corrected chi connectivity index (χ4v) is 10.6. The minimum absolute atomic E-state index is 0.115. The lowest BCUT2D eigenvalue weighted by Gasteiger charge is -2.60. The molecular formula is C34H48O5. The van der Waals surface area contributed by atoms with Crippen LogP contribution in [0.2, 0.25) is 0 Å². The number of hydrogen-bond acceptors (Lipinski definition) is 5. The molecule has 5 fully saturated rings. The number of rotatable bonds is 6. The van der Waals surface area contributed by atoms with Crippen molar-refractivity contribution in [3.05, 3.63) is 47.0 Å². The van der Waals surface area contributed by atoms with Gasteiger partial charge in [0.05, 0.1) is 33.0 Å². The highest BCUT2D eigenvalue weighted by atomic mass is 16.7. The van der Waals surface area contributed by atoms with Gasteiger partial charge in [-0.25, -0.2) is 0 Å². The fourth-order valence-electron chi connectivity index (χ4n) is 10.6. The highest BCUT2D eigenvalue weighted by Gasteiger charge is 2.65. The molecule has 214 valence electrons. The summed E-state index contributed by atoms with van der Waals surface area (Å²) in [4.78, 5) is 0. The molecule has 0 bridgehead atoms. The molecule has 0 aromatic heterocycles. The van der Waals surface area contributed by atoms with Crippen molar-refractivity contribution in [3.63, 3.8) is 0 Å². The van der Waals surface area contributed by atoms with Crippen molar-refractivity contribution in [1.29, 1.82) is 0 Å². The second-order valence-electron chi connectivity index (χ2n) is 14.0. The maximum Gasteiger partial charge on any atom is 0.172 e. The zero-order valence-electron chi connectivity index (χ0n) is 24.1. The summed E-state index contributed by atoms with van der Waals surface area (Å²) in [5.41, 5.74) is 4.58. The molecule has 1 N–H and O–H groups in total. The first kappa shape index (κ1) is 26.6. The highest BCUT2D eigenvalue weighted by Crippen LogP contribution is 2.70. The number of hydrogen-bond donors (Lipinski definition) is 1. The second kappa shape index (κ2) is 9.94. The second-order valence-corrected chi connectivity index (χ2v) is 14.0. The van der Waals surface area contributed by atoms with Crippen molar-refractivity contribution in [2.75, 3.05) is 26.4 Å². The smallest absolute Gasteiger partial charge is 0.172 e. The van der Waals surface area contributed by atoms with E-state index in [0.29, 0.717) is 11.3 Å². The summed E-state index contributed by atoms with van der Waals surface area (Å²) in [5.74, 6) is 1.97. The number of aryl methyl sites for hydroxylation is 1. The van der Waals surface area contributed by atoms with Gasteiger partial charge in [-0.2, -0.15) is 0 Å². The number of allylic oxidation sites excluding steroid dienone is 1. The largest absolute Gasteiger partial charge is 0.392 e. The van der Waals surface area contributed by atoms with Gasteiger partial charge in [0.15, 0.2) is 11.6 Å². The van der Waals surface area contributed by atoms with Crippen molar-refractivity contribution in [2.45, 2.75) is 103 Å². The predicted molar refractivity (Wildman–Crippen MR) is 150 cm³/mol. The molecule has 1 aromatic rings. The average molecular weight is 537 g/mol. The summed E-state index contributed by atoms with van der Waals surface area (Å²) >= 11 is 0. The summed E-state index contributed by atoms with van der Waals surface area (Å²) < 4.78 is 25.1. The summed E-state index contributed by atoms with van der Waals surface area (Å²) in [5, 5.41) is 9.43. The molecule has 3 saturated carbocycles. The lowest BCUT2D eigenvalue weighted by molar-refractivity contribution is -0.221. The summed E-state index contributed by atoms with van der Waals surface area (Å²) in [6.45, 7) is 7.89. The van der Waals surface area contributed by atoms with Crippen LogP contribution in [0.15, 0.2) is 35.9 Å². The Bertz CT molecular complexity index is 1070. The Labute approximate surface area is 234 Å². The van der Waals surface area contributed by atoms with Gasteiger partial charge in [-0.3, -0.25) is 0 Å². The van der Waals surface area contributed by atoms with Gasteiger partial charge in [-0.15, -0.1) is 0 Å². The monoisotopic (exact) mass is 536 g/mol. The van der Waals surface area contributed by atoms with Gasteiger partial charge >= 0.3 is 0 Å². The van der Waals surface area contributed by atoms with Crippen molar-refractivity contribution in [3.8, 4) is 0 Å². The predicted octanol–water partition coefficient (Wildman–Crippen LogP) is 6.57. The zero-order chi connectivity index (χ0) is 26.7. The Balaban J connectivity index is 1.15. The Morgan fingerprint density at radius 2 is 1.54 bits per heavy atom. The van der Waals surface area contributed by atoms with Crippen LogP contribution in [0.4, 0.5) is 0 Å². The normalized spacial score (nSPS) is 40.2. The lowest BCUT2D eigenvalue weighted by Crippen LogP contribution is -2.55. The SMILES string of the molecule is CC1([C@H]2CC[C@H]3[C@@H]4CC=C5CC6(CC[C@@]5(C)[C@@H]4CC[C@]23CCCc2ccc(CO)cc2)OCCO6)OCCO1. The van der Waals surface area contributed by atoms with E-state index in [0.717, 1.165) is 69.0 Å². The van der Waals surface area contributed by atoms with E-state index in [4.69, 9.17) is 18.9 Å². The molecule has 6 atom stereocenters. The van der Waals surface area contributed by atoms with Crippen LogP contribution in [0.5, 0.6) is 0 Å². The van der Waals surface area contributed by atoms with Crippen molar-refractivity contribution >= 4 is 0 Å². The third-order valence-corrected chi connectivity index (χ3v) is 12.4. The fraction of sp³-hybridized carbons (Fsp3) is 0.765. The Morgan fingerprint density at radius 3 is 2.28 bits per heavy atom. The van der Waals surface area contributed by atoms with Crippen LogP contribution in [-0.2, 0) is 32.0 Å². The van der Waals surface area contributed by atoms with E-state index in [1.807, 2.05) is 0 Å². The van der Waals surface area contributed by atoms with E-state index in [1.54, 1.807) is 5.57 Å². The van der Waals surface area contributed by atoms with E-state index in [-0.39, 0.29) is 17.8 Å². The van der Waals surface area contributed by atoms with Gasteiger partial charge in [0.2, 0.25) is 0 Å². The van der Waals surface area contributed by atoms with Crippen LogP contribution in [-0.4, -0.2) is 43.1 Å². The number of fused-ring (bicyclic) bond motifs is 5. The first-order chi connectivity index (χ1) is 18.9. The van der Waals surface area contributed by atoms with Crippen molar-refractivity contribution < 1.29 is 24.1 Å². The molecule has 2 aliphatic heterocycles. The van der Waals surface area contributed by atoms with E-state index in [2.05, 4.69) is 44.2 Å². The molecule has 2 saturated heterocycles. The first-order valence-electron chi connectivity index (χ1n) is 15.8. The van der Waals surface area contributed by atoms with Gasteiger partial charge in [-0.1, -0.05) is 42.8 Å². The molecule has 4 aliphatic carbocycles. The molecule has 0 radical (unpaired) electrons. The summed E-state index contributed by atoms with van der Waals surface area (Å²) in [6, 6.07) is 8.56. The van der Waals surface area contributed by atoms with Crippen LogP contribution in [0.3, 0.4) is 0 Å². The quantitative estimate of drug-likeness (QED) is 0.417. The third-order valence-electron chi connectivity index (χ3n) is 12.4. The Morgan fingerprint density at radius 1 is 0.821 bits per heavy atom. The third kappa shape index (κ3) is 4.29. The molecule has 39 heavy (non-hydrogen) atoms. The maximum absolute atomic E-state index is 9.43. The van der Waals surface area contributed by atoms with Crippen molar-refractivity contribution in [1.82, 2.24) is 0 Å². The van der Waals surface area contributed by atoms with E-state index in [9.17, 15) is 5.11 Å². The molecule has 6 aliphatic rings. The van der Waals surface area contributed by atoms with Gasteiger partial charge in [-0.05, 0) is 104 Å².